The van der Waals surface area contributed by atoms with Crippen molar-refractivity contribution in [1.29, 1.82) is 0 Å². The Morgan fingerprint density at radius 2 is 1.65 bits per heavy atom. The largest absolute Gasteiger partial charge is 0.504 e. The molecule has 1 amide bonds. The van der Waals surface area contributed by atoms with E-state index in [1.54, 1.807) is 25.2 Å². The van der Waals surface area contributed by atoms with Gasteiger partial charge in [-0.15, -0.1) is 0 Å². The van der Waals surface area contributed by atoms with Gasteiger partial charge in [-0.25, -0.2) is 13.1 Å². The highest BCUT2D eigenvalue weighted by molar-refractivity contribution is 7.89. The summed E-state index contributed by atoms with van der Waals surface area (Å²) >= 11 is 0. The van der Waals surface area contributed by atoms with Crippen LogP contribution in [0.25, 0.3) is 6.08 Å². The molecule has 0 aliphatic heterocycles. The third kappa shape index (κ3) is 6.08. The summed E-state index contributed by atoms with van der Waals surface area (Å²) in [6, 6.07) is 10.4. The average Bonchev–Trinajstić information content (AvgIpc) is 3.02. The number of nitrogens with one attached hydrogen (secondary N) is 1. The molecule has 0 spiro atoms. The van der Waals surface area contributed by atoms with Crippen LogP contribution in [0.1, 0.15) is 44.1 Å². The molecule has 2 aromatic carbocycles. The number of hydrogen-bond acceptors (Lipinski definition) is 5. The molecular weight excluding hydrogens is 416 g/mol. The van der Waals surface area contributed by atoms with E-state index in [1.165, 1.54) is 41.3 Å². The molecule has 0 aromatic heterocycles. The number of likely N-dealkylation sites (N-methyl/N-ethyl adjacent to an activating group) is 1. The molecule has 1 aliphatic carbocycles. The van der Waals surface area contributed by atoms with E-state index in [4.69, 9.17) is 0 Å². The van der Waals surface area contributed by atoms with Crippen LogP contribution in [0.3, 0.4) is 0 Å². The first-order chi connectivity index (χ1) is 14.8. The Morgan fingerprint density at radius 1 is 1.00 bits per heavy atom. The van der Waals surface area contributed by atoms with Gasteiger partial charge in [-0.1, -0.05) is 31.7 Å². The third-order valence-electron chi connectivity index (χ3n) is 5.46. The number of anilines is 1. The lowest BCUT2D eigenvalue weighted by Crippen LogP contribution is -2.34. The summed E-state index contributed by atoms with van der Waals surface area (Å²) in [5, 5.41) is 18.9. The number of phenolic OH excluding ortho intramolecular Hbond substituents is 2. The lowest BCUT2D eigenvalue weighted by atomic mass is 10.1. The van der Waals surface area contributed by atoms with Crippen molar-refractivity contribution in [2.75, 3.05) is 11.9 Å². The van der Waals surface area contributed by atoms with Crippen molar-refractivity contribution >= 4 is 27.7 Å². The first-order valence-corrected chi connectivity index (χ1v) is 11.8. The van der Waals surface area contributed by atoms with Crippen molar-refractivity contribution in [2.24, 2.45) is 0 Å². The number of carbonyl (C=O) groups is 1. The number of aromatic hydroxyl groups is 2. The van der Waals surface area contributed by atoms with E-state index in [-0.39, 0.29) is 28.3 Å². The van der Waals surface area contributed by atoms with Crippen LogP contribution in [0, 0.1) is 0 Å². The lowest BCUT2D eigenvalue weighted by Gasteiger charge is -2.18. The zero-order valence-electron chi connectivity index (χ0n) is 17.5. The predicted molar refractivity (Wildman–Crippen MR) is 120 cm³/mol. The summed E-state index contributed by atoms with van der Waals surface area (Å²) in [5.41, 5.74) is 1.11. The van der Waals surface area contributed by atoms with Gasteiger partial charge in [-0.3, -0.25) is 4.79 Å². The van der Waals surface area contributed by atoms with Gasteiger partial charge in [0, 0.05) is 24.9 Å². The van der Waals surface area contributed by atoms with Crippen molar-refractivity contribution in [3.63, 3.8) is 0 Å². The van der Waals surface area contributed by atoms with Crippen LogP contribution < -0.4 is 9.62 Å². The highest BCUT2D eigenvalue weighted by Gasteiger charge is 2.21. The Bertz CT molecular complexity index is 1040. The fraction of sp³-hybridized carbons (Fsp3) is 0.348. The van der Waals surface area contributed by atoms with Crippen LogP contribution in [-0.2, 0) is 14.8 Å². The van der Waals surface area contributed by atoms with Crippen LogP contribution in [-0.4, -0.2) is 37.6 Å². The number of nitrogens with zero attached hydrogens (tertiary/aromatic N) is 1. The van der Waals surface area contributed by atoms with Gasteiger partial charge in [0.25, 0.3) is 5.91 Å². The van der Waals surface area contributed by atoms with Gasteiger partial charge in [-0.05, 0) is 60.9 Å². The van der Waals surface area contributed by atoms with E-state index in [1.807, 2.05) is 0 Å². The van der Waals surface area contributed by atoms with Gasteiger partial charge in [-0.2, -0.15) is 0 Å². The second kappa shape index (κ2) is 9.98. The van der Waals surface area contributed by atoms with Gasteiger partial charge in [0.1, 0.15) is 0 Å². The molecule has 1 aliphatic rings. The summed E-state index contributed by atoms with van der Waals surface area (Å²) in [4.78, 5) is 14.0. The zero-order valence-corrected chi connectivity index (χ0v) is 18.3. The Labute approximate surface area is 183 Å². The summed E-state index contributed by atoms with van der Waals surface area (Å²) in [5.74, 6) is -0.818. The normalized spacial score (nSPS) is 15.6. The lowest BCUT2D eigenvalue weighted by molar-refractivity contribution is -0.113. The van der Waals surface area contributed by atoms with Gasteiger partial charge >= 0.3 is 0 Å². The molecule has 1 saturated carbocycles. The van der Waals surface area contributed by atoms with Crippen LogP contribution >= 0.6 is 0 Å². The summed E-state index contributed by atoms with van der Waals surface area (Å²) < 4.78 is 28.2. The minimum atomic E-state index is -3.60. The van der Waals surface area contributed by atoms with Crippen molar-refractivity contribution in [2.45, 2.75) is 49.5 Å². The van der Waals surface area contributed by atoms with E-state index in [2.05, 4.69) is 4.72 Å². The molecule has 3 rings (SSSR count). The first-order valence-electron chi connectivity index (χ1n) is 10.4. The monoisotopic (exact) mass is 444 g/mol. The molecule has 0 saturated heterocycles. The van der Waals surface area contributed by atoms with Crippen molar-refractivity contribution < 1.29 is 23.4 Å². The SMILES string of the molecule is CN(C(=O)/C=C/c1ccc(O)c(O)c1)c1ccc(S(=O)(=O)NC2CCCCCC2)cc1. The molecule has 0 bridgehead atoms. The van der Waals surface area contributed by atoms with Crippen molar-refractivity contribution in [1.82, 2.24) is 4.72 Å². The Morgan fingerprint density at radius 3 is 2.26 bits per heavy atom. The smallest absolute Gasteiger partial charge is 0.250 e. The number of sulfonamides is 1. The molecule has 2 aromatic rings. The van der Waals surface area contributed by atoms with Crippen molar-refractivity contribution in [3.8, 4) is 11.5 Å². The standard InChI is InChI=1S/C23H28N2O5S/c1-25(23(28)15-9-17-8-14-21(26)22(27)16-17)19-10-12-20(13-11-19)31(29,30)24-18-6-4-2-3-5-7-18/h8-16,18,24,26-27H,2-7H2,1H3/b15-9+. The fourth-order valence-electron chi connectivity index (χ4n) is 3.58. The number of amides is 1. The highest BCUT2D eigenvalue weighted by atomic mass is 32.2. The predicted octanol–water partition coefficient (Wildman–Crippen LogP) is 3.78. The van der Waals surface area contributed by atoms with E-state index < -0.39 is 10.0 Å². The molecule has 0 unspecified atom stereocenters. The molecule has 0 radical (unpaired) electrons. The van der Waals surface area contributed by atoms with E-state index in [0.717, 1.165) is 38.5 Å². The minimum absolute atomic E-state index is 0.0269. The van der Waals surface area contributed by atoms with Crippen LogP contribution in [0.15, 0.2) is 53.4 Å². The molecular formula is C23H28N2O5S. The Hall–Kier alpha value is -2.84. The zero-order chi connectivity index (χ0) is 22.4. The number of hydrogen-bond donors (Lipinski definition) is 3. The molecule has 31 heavy (non-hydrogen) atoms. The highest BCUT2D eigenvalue weighted by Crippen LogP contribution is 2.26. The molecule has 0 heterocycles. The van der Waals surface area contributed by atoms with E-state index in [0.29, 0.717) is 11.3 Å². The van der Waals surface area contributed by atoms with Gasteiger partial charge in [0.05, 0.1) is 4.90 Å². The van der Waals surface area contributed by atoms with E-state index >= 15 is 0 Å². The number of phenols is 2. The summed E-state index contributed by atoms with van der Waals surface area (Å²) in [6.07, 6.45) is 8.95. The maximum absolute atomic E-state index is 12.7. The topological polar surface area (TPSA) is 107 Å². The average molecular weight is 445 g/mol. The summed E-state index contributed by atoms with van der Waals surface area (Å²) in [7, 11) is -2.01. The van der Waals surface area contributed by atoms with E-state index in [9.17, 15) is 23.4 Å². The van der Waals surface area contributed by atoms with Gasteiger partial charge < -0.3 is 15.1 Å². The van der Waals surface area contributed by atoms with Crippen LogP contribution in [0.5, 0.6) is 11.5 Å². The number of rotatable bonds is 6. The molecule has 166 valence electrons. The van der Waals surface area contributed by atoms with Crippen LogP contribution in [0.2, 0.25) is 0 Å². The quantitative estimate of drug-likeness (QED) is 0.357. The van der Waals surface area contributed by atoms with Gasteiger partial charge in [0.2, 0.25) is 10.0 Å². The Balaban J connectivity index is 1.65. The summed E-state index contributed by atoms with van der Waals surface area (Å²) in [6.45, 7) is 0. The first kappa shape index (κ1) is 22.8. The van der Waals surface area contributed by atoms with Crippen molar-refractivity contribution in [3.05, 3.63) is 54.1 Å². The number of benzene rings is 2. The van der Waals surface area contributed by atoms with Gasteiger partial charge in [0.15, 0.2) is 11.5 Å². The maximum atomic E-state index is 12.7. The second-order valence-electron chi connectivity index (χ2n) is 7.78. The fourth-order valence-corrected chi connectivity index (χ4v) is 4.89. The molecule has 0 atom stereocenters. The molecule has 7 nitrogen and oxygen atoms in total. The Kier molecular flexibility index (Phi) is 7.35. The second-order valence-corrected chi connectivity index (χ2v) is 9.50. The third-order valence-corrected chi connectivity index (χ3v) is 7.00. The molecule has 8 heteroatoms. The minimum Gasteiger partial charge on any atom is -0.504 e. The molecule has 3 N–H and O–H groups in total. The molecule has 1 fully saturated rings. The van der Waals surface area contributed by atoms with Crippen LogP contribution in [0.4, 0.5) is 5.69 Å². The maximum Gasteiger partial charge on any atom is 0.250 e. The number of carbonyl (C=O) groups excluding carboxylic acids is 1.